The molecule has 1 fully saturated rings. The van der Waals surface area contributed by atoms with E-state index in [2.05, 4.69) is 4.90 Å². The smallest absolute Gasteiger partial charge is 0.115 e. The van der Waals surface area contributed by atoms with Crippen molar-refractivity contribution < 1.29 is 5.11 Å². The summed E-state index contributed by atoms with van der Waals surface area (Å²) in [5.41, 5.74) is 6.75. The van der Waals surface area contributed by atoms with Gasteiger partial charge in [-0.05, 0) is 30.7 Å². The zero-order valence-electron chi connectivity index (χ0n) is 7.48. The van der Waals surface area contributed by atoms with Gasteiger partial charge in [-0.15, -0.1) is 0 Å². The lowest BCUT2D eigenvalue weighted by molar-refractivity contribution is 0.454. The van der Waals surface area contributed by atoms with Crippen molar-refractivity contribution in [2.24, 2.45) is 5.73 Å². The number of hydrogen-bond donors (Lipinski definition) is 2. The Morgan fingerprint density at radius 2 is 2.08 bits per heavy atom. The molecule has 1 aromatic carbocycles. The van der Waals surface area contributed by atoms with Crippen LogP contribution in [-0.2, 0) is 0 Å². The highest BCUT2D eigenvalue weighted by atomic mass is 16.3. The number of anilines is 1. The van der Waals surface area contributed by atoms with Gasteiger partial charge in [-0.25, -0.2) is 0 Å². The number of rotatable bonds is 2. The van der Waals surface area contributed by atoms with Crippen molar-refractivity contribution in [3.8, 4) is 5.75 Å². The topological polar surface area (TPSA) is 49.5 Å². The lowest BCUT2D eigenvalue weighted by Gasteiger charge is -2.42. The Bertz CT molecular complexity index is 281. The number of nitrogens with two attached hydrogens (primary N) is 1. The van der Waals surface area contributed by atoms with Crippen molar-refractivity contribution in [3.63, 3.8) is 0 Å². The van der Waals surface area contributed by atoms with Crippen LogP contribution < -0.4 is 10.6 Å². The Labute approximate surface area is 77.8 Å². The molecule has 0 spiro atoms. The number of phenolic OH excluding ortho intramolecular Hbond substituents is 1. The van der Waals surface area contributed by atoms with Crippen LogP contribution in [0.25, 0.3) is 0 Å². The molecule has 1 atom stereocenters. The SMILES string of the molecule is NCC1CCN1c1ccc(O)cc1. The largest absolute Gasteiger partial charge is 0.508 e. The molecule has 0 radical (unpaired) electrons. The van der Waals surface area contributed by atoms with Crippen molar-refractivity contribution in [3.05, 3.63) is 24.3 Å². The Morgan fingerprint density at radius 1 is 1.38 bits per heavy atom. The minimum absolute atomic E-state index is 0.313. The van der Waals surface area contributed by atoms with E-state index in [1.807, 2.05) is 12.1 Å². The predicted octanol–water partition coefficient (Wildman–Crippen LogP) is 0.930. The van der Waals surface area contributed by atoms with E-state index in [4.69, 9.17) is 10.8 Å². The maximum Gasteiger partial charge on any atom is 0.115 e. The van der Waals surface area contributed by atoms with Gasteiger partial charge in [0, 0.05) is 24.8 Å². The highest BCUT2D eigenvalue weighted by Crippen LogP contribution is 2.26. The van der Waals surface area contributed by atoms with Crippen molar-refractivity contribution in [2.45, 2.75) is 12.5 Å². The summed E-state index contributed by atoms with van der Waals surface area (Å²) in [5, 5.41) is 9.11. The average molecular weight is 178 g/mol. The molecular weight excluding hydrogens is 164 g/mol. The van der Waals surface area contributed by atoms with Gasteiger partial charge in [-0.2, -0.15) is 0 Å². The second kappa shape index (κ2) is 3.26. The maximum atomic E-state index is 9.11. The van der Waals surface area contributed by atoms with Crippen LogP contribution in [0.2, 0.25) is 0 Å². The first-order valence-corrected chi connectivity index (χ1v) is 4.57. The molecule has 1 unspecified atom stereocenters. The zero-order valence-corrected chi connectivity index (χ0v) is 7.48. The molecule has 3 N–H and O–H groups in total. The average Bonchev–Trinajstić information content (AvgIpc) is 2.08. The molecule has 2 rings (SSSR count). The summed E-state index contributed by atoms with van der Waals surface area (Å²) >= 11 is 0. The van der Waals surface area contributed by atoms with Crippen molar-refractivity contribution in [2.75, 3.05) is 18.0 Å². The van der Waals surface area contributed by atoms with Gasteiger partial charge in [-0.3, -0.25) is 0 Å². The number of phenols is 1. The van der Waals surface area contributed by atoms with Gasteiger partial charge in [0.05, 0.1) is 0 Å². The van der Waals surface area contributed by atoms with Crippen molar-refractivity contribution in [1.82, 2.24) is 0 Å². The fourth-order valence-corrected chi connectivity index (χ4v) is 1.67. The molecule has 1 saturated heterocycles. The van der Waals surface area contributed by atoms with E-state index < -0.39 is 0 Å². The molecule has 1 aliphatic heterocycles. The fraction of sp³-hybridized carbons (Fsp3) is 0.400. The lowest BCUT2D eigenvalue weighted by atomic mass is 10.0. The second-order valence-corrected chi connectivity index (χ2v) is 3.39. The Balaban J connectivity index is 2.12. The van der Waals surface area contributed by atoms with Gasteiger partial charge < -0.3 is 15.7 Å². The summed E-state index contributed by atoms with van der Waals surface area (Å²) in [4.78, 5) is 2.26. The van der Waals surface area contributed by atoms with E-state index in [1.54, 1.807) is 12.1 Å². The van der Waals surface area contributed by atoms with Gasteiger partial charge in [0.15, 0.2) is 0 Å². The van der Waals surface area contributed by atoms with Crippen LogP contribution in [-0.4, -0.2) is 24.2 Å². The summed E-state index contributed by atoms with van der Waals surface area (Å²) in [7, 11) is 0. The molecule has 70 valence electrons. The van der Waals surface area contributed by atoms with Crippen LogP contribution >= 0.6 is 0 Å². The Morgan fingerprint density at radius 3 is 2.54 bits per heavy atom. The lowest BCUT2D eigenvalue weighted by Crippen LogP contribution is -2.51. The van der Waals surface area contributed by atoms with E-state index in [9.17, 15) is 0 Å². The standard InChI is InChI=1S/C10H14N2O/c11-7-9-5-6-12(9)8-1-3-10(13)4-2-8/h1-4,9,13H,5-7,11H2. The Hall–Kier alpha value is -1.22. The molecule has 3 nitrogen and oxygen atoms in total. The van der Waals surface area contributed by atoms with Crippen LogP contribution in [0.5, 0.6) is 5.75 Å². The van der Waals surface area contributed by atoms with E-state index in [0.717, 1.165) is 12.2 Å². The van der Waals surface area contributed by atoms with Crippen LogP contribution in [0.1, 0.15) is 6.42 Å². The summed E-state index contributed by atoms with van der Waals surface area (Å²) in [6.07, 6.45) is 1.18. The molecule has 0 bridgehead atoms. The van der Waals surface area contributed by atoms with Gasteiger partial charge in [0.2, 0.25) is 0 Å². The number of hydrogen-bond acceptors (Lipinski definition) is 3. The molecule has 1 aromatic rings. The first kappa shape index (κ1) is 8.38. The van der Waals surface area contributed by atoms with Crippen molar-refractivity contribution in [1.29, 1.82) is 0 Å². The molecule has 3 heteroatoms. The molecule has 0 saturated carbocycles. The summed E-state index contributed by atoms with van der Waals surface area (Å²) < 4.78 is 0. The summed E-state index contributed by atoms with van der Waals surface area (Å²) in [6, 6.07) is 7.76. The first-order valence-electron chi connectivity index (χ1n) is 4.57. The van der Waals surface area contributed by atoms with Gasteiger partial charge in [-0.1, -0.05) is 0 Å². The maximum absolute atomic E-state index is 9.11. The predicted molar refractivity (Wildman–Crippen MR) is 52.9 cm³/mol. The highest BCUT2D eigenvalue weighted by molar-refractivity contribution is 5.51. The molecule has 1 heterocycles. The number of aromatic hydroxyl groups is 1. The van der Waals surface area contributed by atoms with Gasteiger partial charge in [0.1, 0.15) is 5.75 Å². The normalized spacial score (nSPS) is 21.3. The monoisotopic (exact) mass is 178 g/mol. The molecule has 13 heavy (non-hydrogen) atoms. The quantitative estimate of drug-likeness (QED) is 0.708. The van der Waals surface area contributed by atoms with Crippen LogP contribution in [0.15, 0.2) is 24.3 Å². The van der Waals surface area contributed by atoms with Crippen LogP contribution in [0.3, 0.4) is 0 Å². The second-order valence-electron chi connectivity index (χ2n) is 3.39. The minimum atomic E-state index is 0.313. The van der Waals surface area contributed by atoms with Gasteiger partial charge in [0.25, 0.3) is 0 Å². The van der Waals surface area contributed by atoms with Gasteiger partial charge >= 0.3 is 0 Å². The third-order valence-corrected chi connectivity index (χ3v) is 2.60. The summed E-state index contributed by atoms with van der Waals surface area (Å²) in [6.45, 7) is 1.79. The first-order chi connectivity index (χ1) is 6.31. The molecule has 1 aliphatic rings. The summed E-state index contributed by atoms with van der Waals surface area (Å²) in [5.74, 6) is 0.313. The zero-order chi connectivity index (χ0) is 9.26. The number of benzene rings is 1. The third kappa shape index (κ3) is 1.47. The highest BCUT2D eigenvalue weighted by Gasteiger charge is 2.26. The molecule has 0 aromatic heterocycles. The van der Waals surface area contributed by atoms with Crippen LogP contribution in [0, 0.1) is 0 Å². The minimum Gasteiger partial charge on any atom is -0.508 e. The third-order valence-electron chi connectivity index (χ3n) is 2.60. The van der Waals surface area contributed by atoms with E-state index >= 15 is 0 Å². The molecule has 0 aliphatic carbocycles. The number of nitrogens with zero attached hydrogens (tertiary/aromatic N) is 1. The fourth-order valence-electron chi connectivity index (χ4n) is 1.67. The van der Waals surface area contributed by atoms with Crippen molar-refractivity contribution >= 4 is 5.69 Å². The van der Waals surface area contributed by atoms with E-state index in [-0.39, 0.29) is 0 Å². The Kier molecular flexibility index (Phi) is 2.10. The van der Waals surface area contributed by atoms with E-state index in [1.165, 1.54) is 6.42 Å². The molecule has 0 amide bonds. The van der Waals surface area contributed by atoms with Crippen LogP contribution in [0.4, 0.5) is 5.69 Å². The molecular formula is C10H14N2O. The van der Waals surface area contributed by atoms with E-state index in [0.29, 0.717) is 18.3 Å².